The number of rotatable bonds is 11. The Kier molecular flexibility index (Phi) is 12.5. The standard InChI is InChI=1S/C36H52ClN7O3/c1-4-38-36(47)42-17-14-30(15-18-42)44(25-26(2)3)43-21-19-41(20-22-43)35(46)33(23-27-9-11-29(37)12-10-27)40-34(45)24-32-31-8-6-5-7-28(31)13-16-39-32/h5-12,26,30,32-33,39H,4,13-25H2,1-3H3,(H,38,47)(H,40,45)/t32-,33-/m1/s1. The molecule has 3 aliphatic heterocycles. The third-order valence-electron chi connectivity index (χ3n) is 9.58. The Morgan fingerprint density at radius 2 is 1.66 bits per heavy atom. The van der Waals surface area contributed by atoms with Gasteiger partial charge in [0.25, 0.3) is 0 Å². The molecule has 3 N–H and O–H groups in total. The predicted molar refractivity (Wildman–Crippen MR) is 186 cm³/mol. The van der Waals surface area contributed by atoms with E-state index in [9.17, 15) is 14.4 Å². The van der Waals surface area contributed by atoms with Crippen LogP contribution in [0.2, 0.25) is 5.02 Å². The summed E-state index contributed by atoms with van der Waals surface area (Å²) < 4.78 is 0. The highest BCUT2D eigenvalue weighted by molar-refractivity contribution is 6.30. The number of hydrogen-bond acceptors (Lipinski definition) is 6. The van der Waals surface area contributed by atoms with Crippen LogP contribution in [0, 0.1) is 5.92 Å². The number of hydrogen-bond donors (Lipinski definition) is 3. The van der Waals surface area contributed by atoms with Crippen LogP contribution in [0.5, 0.6) is 0 Å². The first-order valence-corrected chi connectivity index (χ1v) is 17.8. The molecule has 256 valence electrons. The van der Waals surface area contributed by atoms with Gasteiger partial charge < -0.3 is 25.8 Å². The molecule has 10 nitrogen and oxygen atoms in total. The summed E-state index contributed by atoms with van der Waals surface area (Å²) in [4.78, 5) is 43.8. The van der Waals surface area contributed by atoms with Gasteiger partial charge in [0.05, 0.1) is 0 Å². The second-order valence-electron chi connectivity index (χ2n) is 13.5. The highest BCUT2D eigenvalue weighted by atomic mass is 35.5. The molecule has 0 radical (unpaired) electrons. The zero-order chi connectivity index (χ0) is 33.3. The number of halogens is 1. The van der Waals surface area contributed by atoms with E-state index >= 15 is 0 Å². The maximum Gasteiger partial charge on any atom is 0.317 e. The van der Waals surface area contributed by atoms with Gasteiger partial charge in [-0.2, -0.15) is 0 Å². The highest BCUT2D eigenvalue weighted by Crippen LogP contribution is 2.26. The molecule has 47 heavy (non-hydrogen) atoms. The smallest absolute Gasteiger partial charge is 0.317 e. The monoisotopic (exact) mass is 665 g/mol. The lowest BCUT2D eigenvalue weighted by atomic mass is 9.92. The molecular weight excluding hydrogens is 614 g/mol. The first-order valence-electron chi connectivity index (χ1n) is 17.4. The Balaban J connectivity index is 1.22. The number of carbonyl (C=O) groups is 3. The fourth-order valence-corrected chi connectivity index (χ4v) is 7.29. The van der Waals surface area contributed by atoms with E-state index in [-0.39, 0.29) is 30.3 Å². The summed E-state index contributed by atoms with van der Waals surface area (Å²) in [6, 6.07) is 15.4. The van der Waals surface area contributed by atoms with E-state index in [0.29, 0.717) is 43.0 Å². The number of urea groups is 1. The van der Waals surface area contributed by atoms with Gasteiger partial charge in [0.1, 0.15) is 6.04 Å². The molecular formula is C36H52ClN7O3. The number of benzene rings is 2. The zero-order valence-electron chi connectivity index (χ0n) is 28.2. The van der Waals surface area contributed by atoms with E-state index in [1.54, 1.807) is 0 Å². The average Bonchev–Trinajstić information content (AvgIpc) is 3.08. The van der Waals surface area contributed by atoms with Gasteiger partial charge in [0, 0.05) is 82.3 Å². The number of nitrogens with one attached hydrogen (secondary N) is 3. The Hall–Kier alpha value is -3.18. The fourth-order valence-electron chi connectivity index (χ4n) is 7.16. The molecule has 0 aliphatic carbocycles. The van der Waals surface area contributed by atoms with Crippen molar-refractivity contribution in [2.24, 2.45) is 5.92 Å². The first kappa shape index (κ1) is 35.1. The number of likely N-dealkylation sites (tertiary alicyclic amines) is 1. The number of piperidine rings is 1. The molecule has 0 unspecified atom stereocenters. The van der Waals surface area contributed by atoms with E-state index < -0.39 is 6.04 Å². The van der Waals surface area contributed by atoms with Crippen LogP contribution in [0.15, 0.2) is 48.5 Å². The normalized spacial score (nSPS) is 19.8. The molecule has 5 rings (SSSR count). The largest absolute Gasteiger partial charge is 0.344 e. The lowest BCUT2D eigenvalue weighted by Crippen LogP contribution is -2.62. The highest BCUT2D eigenvalue weighted by Gasteiger charge is 2.35. The van der Waals surface area contributed by atoms with Gasteiger partial charge in [-0.15, -0.1) is 0 Å². The minimum Gasteiger partial charge on any atom is -0.344 e. The molecule has 2 saturated heterocycles. The molecule has 2 atom stereocenters. The minimum absolute atomic E-state index is 0.0218. The lowest BCUT2D eigenvalue weighted by Gasteiger charge is -2.47. The number of amides is 4. The van der Waals surface area contributed by atoms with Crippen molar-refractivity contribution in [3.05, 3.63) is 70.2 Å². The van der Waals surface area contributed by atoms with Crippen molar-refractivity contribution in [1.82, 2.24) is 35.8 Å². The number of piperazine rings is 1. The van der Waals surface area contributed by atoms with Crippen molar-refractivity contribution in [1.29, 1.82) is 0 Å². The van der Waals surface area contributed by atoms with Crippen molar-refractivity contribution in [2.45, 2.75) is 71.0 Å². The molecule has 0 aromatic heterocycles. The molecule has 4 amide bonds. The molecule has 3 heterocycles. The van der Waals surface area contributed by atoms with Crippen LogP contribution in [-0.4, -0.2) is 109 Å². The van der Waals surface area contributed by atoms with Gasteiger partial charge in [-0.05, 0) is 67.5 Å². The van der Waals surface area contributed by atoms with Gasteiger partial charge in [0.15, 0.2) is 0 Å². The zero-order valence-corrected chi connectivity index (χ0v) is 29.0. The first-order chi connectivity index (χ1) is 22.7. The van der Waals surface area contributed by atoms with E-state index in [1.807, 2.05) is 53.1 Å². The number of hydrazine groups is 1. The fraction of sp³-hybridized carbons (Fsp3) is 0.583. The van der Waals surface area contributed by atoms with Crippen LogP contribution in [0.3, 0.4) is 0 Å². The summed E-state index contributed by atoms with van der Waals surface area (Å²) in [5, 5.41) is 15.1. The van der Waals surface area contributed by atoms with Crippen molar-refractivity contribution in [3.8, 4) is 0 Å². The van der Waals surface area contributed by atoms with Gasteiger partial charge >= 0.3 is 6.03 Å². The maximum absolute atomic E-state index is 14.1. The van der Waals surface area contributed by atoms with E-state index in [0.717, 1.165) is 69.7 Å². The summed E-state index contributed by atoms with van der Waals surface area (Å²) in [7, 11) is 0. The maximum atomic E-state index is 14.1. The second kappa shape index (κ2) is 16.8. The van der Waals surface area contributed by atoms with Crippen molar-refractivity contribution >= 4 is 29.4 Å². The van der Waals surface area contributed by atoms with Crippen LogP contribution in [0.25, 0.3) is 0 Å². The Morgan fingerprint density at radius 3 is 2.34 bits per heavy atom. The summed E-state index contributed by atoms with van der Waals surface area (Å²) in [5.74, 6) is 0.309. The van der Waals surface area contributed by atoms with Crippen LogP contribution in [0.4, 0.5) is 4.79 Å². The van der Waals surface area contributed by atoms with E-state index in [4.69, 9.17) is 11.6 Å². The molecule has 2 fully saturated rings. The molecule has 11 heteroatoms. The minimum atomic E-state index is -0.667. The van der Waals surface area contributed by atoms with Crippen LogP contribution in [0.1, 0.15) is 62.8 Å². The van der Waals surface area contributed by atoms with E-state index in [2.05, 4.69) is 51.9 Å². The van der Waals surface area contributed by atoms with Crippen molar-refractivity contribution in [2.75, 3.05) is 58.9 Å². The Bertz CT molecular complexity index is 1340. The molecule has 2 aromatic carbocycles. The molecule has 3 aliphatic rings. The topological polar surface area (TPSA) is 100 Å². The summed E-state index contributed by atoms with van der Waals surface area (Å²) in [6.45, 7) is 13.0. The van der Waals surface area contributed by atoms with Crippen molar-refractivity contribution in [3.63, 3.8) is 0 Å². The number of fused-ring (bicyclic) bond motifs is 1. The predicted octanol–water partition coefficient (Wildman–Crippen LogP) is 3.86. The quantitative estimate of drug-likeness (QED) is 0.337. The molecule has 0 bridgehead atoms. The van der Waals surface area contributed by atoms with Gasteiger partial charge in [-0.3, -0.25) is 9.59 Å². The van der Waals surface area contributed by atoms with Crippen LogP contribution < -0.4 is 16.0 Å². The SMILES string of the molecule is CCNC(=O)N1CCC(N(CC(C)C)N2CCN(C(=O)[C@@H](Cc3ccc(Cl)cc3)NC(=O)C[C@H]3NCCc4ccccc43)CC2)CC1. The Morgan fingerprint density at radius 1 is 0.957 bits per heavy atom. The molecule has 0 saturated carbocycles. The van der Waals surface area contributed by atoms with E-state index in [1.165, 1.54) is 5.56 Å². The van der Waals surface area contributed by atoms with Crippen LogP contribution >= 0.6 is 11.6 Å². The Labute approximate surface area is 285 Å². The van der Waals surface area contributed by atoms with Crippen molar-refractivity contribution < 1.29 is 14.4 Å². The average molecular weight is 666 g/mol. The second-order valence-corrected chi connectivity index (χ2v) is 13.9. The molecule has 0 spiro atoms. The third kappa shape index (κ3) is 9.47. The molecule has 2 aromatic rings. The summed E-state index contributed by atoms with van der Waals surface area (Å²) >= 11 is 6.15. The van der Waals surface area contributed by atoms with Gasteiger partial charge in [-0.25, -0.2) is 14.8 Å². The summed E-state index contributed by atoms with van der Waals surface area (Å²) in [6.07, 6.45) is 3.48. The van der Waals surface area contributed by atoms with Gasteiger partial charge in [-0.1, -0.05) is 61.8 Å². The van der Waals surface area contributed by atoms with Crippen LogP contribution in [-0.2, 0) is 22.4 Å². The van der Waals surface area contributed by atoms with Gasteiger partial charge in [0.2, 0.25) is 11.8 Å². The lowest BCUT2D eigenvalue weighted by molar-refractivity contribution is -0.144. The summed E-state index contributed by atoms with van der Waals surface area (Å²) in [5.41, 5.74) is 3.39. The number of carbonyl (C=O) groups excluding carboxylic acids is 3. The number of nitrogens with zero attached hydrogens (tertiary/aromatic N) is 4. The third-order valence-corrected chi connectivity index (χ3v) is 9.83.